The van der Waals surface area contributed by atoms with Gasteiger partial charge in [-0.25, -0.2) is 0 Å². The van der Waals surface area contributed by atoms with Gasteiger partial charge in [-0.2, -0.15) is 0 Å². The van der Waals surface area contributed by atoms with E-state index in [2.05, 4.69) is 12.2 Å². The fraction of sp³-hybridized carbons (Fsp3) is 0.125. The first-order chi connectivity index (χ1) is 6.15. The number of nitrogens with zero attached hydrogens (tertiary/aromatic N) is 1. The Kier molecular flexibility index (Phi) is 2.92. The number of anilines is 1. The quantitative estimate of drug-likeness (QED) is 0.346. The van der Waals surface area contributed by atoms with Gasteiger partial charge in [-0.15, -0.1) is 0 Å². The Balaban J connectivity index is 3.10. The summed E-state index contributed by atoms with van der Waals surface area (Å²) in [5.74, 6) is 0. The standard InChI is InChI=1S/C8H8N2O2S/c9-7-2-1-6(3-4-13)5-8(7)10(11)12/h1-2,4-5H,3,9H2. The number of nitrogens with two attached hydrogens (primary N) is 1. The third-order valence-electron chi connectivity index (χ3n) is 1.61. The van der Waals surface area contributed by atoms with Crippen LogP contribution in [0.25, 0.3) is 0 Å². The van der Waals surface area contributed by atoms with E-state index in [1.54, 1.807) is 6.07 Å². The molecule has 0 fully saturated rings. The monoisotopic (exact) mass is 196 g/mol. The number of nitro groups is 1. The topological polar surface area (TPSA) is 69.2 Å². The highest BCUT2D eigenvalue weighted by molar-refractivity contribution is 7.78. The molecule has 2 N–H and O–H groups in total. The minimum atomic E-state index is -0.498. The van der Waals surface area contributed by atoms with Gasteiger partial charge in [0.15, 0.2) is 0 Å². The summed E-state index contributed by atoms with van der Waals surface area (Å²) >= 11 is 4.65. The van der Waals surface area contributed by atoms with Crippen LogP contribution in [0.3, 0.4) is 0 Å². The summed E-state index contributed by atoms with van der Waals surface area (Å²) in [5, 5.41) is 12.0. The van der Waals surface area contributed by atoms with Crippen molar-refractivity contribution in [2.75, 3.05) is 5.73 Å². The third kappa shape index (κ3) is 2.22. The molecule has 0 atom stereocenters. The van der Waals surface area contributed by atoms with Crippen molar-refractivity contribution in [2.24, 2.45) is 0 Å². The van der Waals surface area contributed by atoms with E-state index in [1.807, 2.05) is 0 Å². The van der Waals surface area contributed by atoms with E-state index in [0.29, 0.717) is 6.42 Å². The molecule has 4 nitrogen and oxygen atoms in total. The lowest BCUT2D eigenvalue weighted by atomic mass is 10.1. The molecule has 5 heteroatoms. The highest BCUT2D eigenvalue weighted by Gasteiger charge is 2.10. The number of benzene rings is 1. The molecule has 1 rings (SSSR count). The molecule has 0 aliphatic carbocycles. The van der Waals surface area contributed by atoms with Crippen molar-refractivity contribution in [3.63, 3.8) is 0 Å². The average molecular weight is 196 g/mol. The van der Waals surface area contributed by atoms with Crippen molar-refractivity contribution in [1.29, 1.82) is 0 Å². The summed E-state index contributed by atoms with van der Waals surface area (Å²) in [5.41, 5.74) is 6.33. The summed E-state index contributed by atoms with van der Waals surface area (Å²) in [6, 6.07) is 4.69. The van der Waals surface area contributed by atoms with Gasteiger partial charge in [0.25, 0.3) is 5.69 Å². The van der Waals surface area contributed by atoms with Crippen molar-refractivity contribution in [2.45, 2.75) is 6.42 Å². The van der Waals surface area contributed by atoms with Gasteiger partial charge in [-0.05, 0) is 17.0 Å². The zero-order chi connectivity index (χ0) is 9.84. The Bertz CT molecular complexity index is 352. The molecule has 68 valence electrons. The van der Waals surface area contributed by atoms with Gasteiger partial charge in [0.05, 0.1) is 4.92 Å². The fourth-order valence-electron chi connectivity index (χ4n) is 0.971. The molecule has 1 aromatic carbocycles. The summed E-state index contributed by atoms with van der Waals surface area (Å²) in [6.07, 6.45) is 0.538. The maximum atomic E-state index is 10.5. The summed E-state index contributed by atoms with van der Waals surface area (Å²) in [6.45, 7) is 0. The van der Waals surface area contributed by atoms with Crippen molar-refractivity contribution in [3.8, 4) is 0 Å². The van der Waals surface area contributed by atoms with Crippen molar-refractivity contribution < 1.29 is 4.92 Å². The number of nitrogen functional groups attached to an aromatic ring is 1. The first-order valence-corrected chi connectivity index (χ1v) is 4.08. The van der Waals surface area contributed by atoms with E-state index >= 15 is 0 Å². The second-order valence-corrected chi connectivity index (χ2v) is 2.85. The first-order valence-electron chi connectivity index (χ1n) is 3.61. The number of nitro benzene ring substituents is 1. The largest absolute Gasteiger partial charge is 0.393 e. The molecule has 0 aliphatic heterocycles. The Morgan fingerprint density at radius 1 is 1.62 bits per heavy atom. The predicted molar refractivity (Wildman–Crippen MR) is 54.9 cm³/mol. The lowest BCUT2D eigenvalue weighted by Crippen LogP contribution is -1.97. The maximum Gasteiger partial charge on any atom is 0.292 e. The first kappa shape index (κ1) is 9.60. The molecule has 0 spiro atoms. The molecular weight excluding hydrogens is 188 g/mol. The second kappa shape index (κ2) is 3.95. The zero-order valence-electron chi connectivity index (χ0n) is 6.77. The van der Waals surface area contributed by atoms with Crippen molar-refractivity contribution >= 4 is 29.0 Å². The molecule has 0 radical (unpaired) electrons. The molecular formula is C8H8N2O2S. The van der Waals surface area contributed by atoms with Crippen LogP contribution in [0, 0.1) is 10.1 Å². The highest BCUT2D eigenvalue weighted by atomic mass is 32.1. The van der Waals surface area contributed by atoms with Gasteiger partial charge in [0.2, 0.25) is 0 Å². The van der Waals surface area contributed by atoms with Gasteiger partial charge in [-0.3, -0.25) is 10.1 Å². The smallest absolute Gasteiger partial charge is 0.292 e. The predicted octanol–water partition coefficient (Wildman–Crippen LogP) is 1.72. The van der Waals surface area contributed by atoms with E-state index in [1.165, 1.54) is 17.5 Å². The molecule has 0 unspecified atom stereocenters. The van der Waals surface area contributed by atoms with E-state index in [0.717, 1.165) is 5.56 Å². The average Bonchev–Trinajstić information content (AvgIpc) is 2.08. The Labute approximate surface area is 80.5 Å². The SMILES string of the molecule is Nc1ccc(CC=S)cc1[N+](=O)[O-]. The Morgan fingerprint density at radius 3 is 2.85 bits per heavy atom. The van der Waals surface area contributed by atoms with Crippen LogP contribution in [0.5, 0.6) is 0 Å². The summed E-state index contributed by atoms with van der Waals surface area (Å²) in [7, 11) is 0. The molecule has 13 heavy (non-hydrogen) atoms. The zero-order valence-corrected chi connectivity index (χ0v) is 7.58. The van der Waals surface area contributed by atoms with E-state index in [9.17, 15) is 10.1 Å². The third-order valence-corrected chi connectivity index (χ3v) is 1.78. The van der Waals surface area contributed by atoms with Gasteiger partial charge >= 0.3 is 0 Å². The molecule has 0 bridgehead atoms. The number of rotatable bonds is 3. The molecule has 0 heterocycles. The normalized spacial score (nSPS) is 9.54. The molecule has 0 amide bonds. The van der Waals surface area contributed by atoms with Gasteiger partial charge < -0.3 is 5.73 Å². The molecule has 0 aliphatic rings. The molecule has 1 aromatic rings. The van der Waals surface area contributed by atoms with Crippen LogP contribution in [0.2, 0.25) is 0 Å². The fourth-order valence-corrected chi connectivity index (χ4v) is 1.16. The van der Waals surface area contributed by atoms with Gasteiger partial charge in [0.1, 0.15) is 5.69 Å². The van der Waals surface area contributed by atoms with Crippen molar-refractivity contribution in [1.82, 2.24) is 0 Å². The van der Waals surface area contributed by atoms with Crippen LogP contribution in [0.15, 0.2) is 18.2 Å². The van der Waals surface area contributed by atoms with Gasteiger partial charge in [-0.1, -0.05) is 18.3 Å². The van der Waals surface area contributed by atoms with Crippen LogP contribution in [0.1, 0.15) is 5.56 Å². The Hall–Kier alpha value is -1.49. The number of hydrogen-bond acceptors (Lipinski definition) is 4. The summed E-state index contributed by atoms with van der Waals surface area (Å²) < 4.78 is 0. The lowest BCUT2D eigenvalue weighted by molar-refractivity contribution is -0.383. The number of thiocarbonyl (C=S) groups is 1. The lowest BCUT2D eigenvalue weighted by Gasteiger charge is -1.99. The molecule has 0 saturated carbocycles. The minimum absolute atomic E-state index is 0.0608. The van der Waals surface area contributed by atoms with Crippen LogP contribution >= 0.6 is 12.2 Å². The second-order valence-electron chi connectivity index (χ2n) is 2.52. The van der Waals surface area contributed by atoms with Crippen LogP contribution in [-0.2, 0) is 6.42 Å². The molecule has 0 aromatic heterocycles. The van der Waals surface area contributed by atoms with Crippen LogP contribution in [-0.4, -0.2) is 10.3 Å². The highest BCUT2D eigenvalue weighted by Crippen LogP contribution is 2.22. The van der Waals surface area contributed by atoms with E-state index in [4.69, 9.17) is 5.73 Å². The van der Waals surface area contributed by atoms with Gasteiger partial charge in [0, 0.05) is 12.5 Å². The number of hydrogen-bond donors (Lipinski definition) is 1. The van der Waals surface area contributed by atoms with E-state index < -0.39 is 4.92 Å². The minimum Gasteiger partial charge on any atom is -0.393 e. The van der Waals surface area contributed by atoms with Crippen molar-refractivity contribution in [3.05, 3.63) is 33.9 Å². The van der Waals surface area contributed by atoms with Crippen LogP contribution in [0.4, 0.5) is 11.4 Å². The maximum absolute atomic E-state index is 10.5. The van der Waals surface area contributed by atoms with Crippen LogP contribution < -0.4 is 5.73 Å². The molecule has 0 saturated heterocycles. The Morgan fingerprint density at radius 2 is 2.31 bits per heavy atom. The van der Waals surface area contributed by atoms with E-state index in [-0.39, 0.29) is 11.4 Å². The summed E-state index contributed by atoms with van der Waals surface area (Å²) in [4.78, 5) is 9.97.